The molecule has 0 fully saturated rings. The highest BCUT2D eigenvalue weighted by Gasteiger charge is 2.08. The number of nitrogens with zero attached hydrogens (tertiary/aromatic N) is 1. The second kappa shape index (κ2) is 8.60. The molecule has 0 radical (unpaired) electrons. The monoisotopic (exact) mass is 424 g/mol. The largest absolute Gasteiger partial charge is 0.465 e. The van der Waals surface area contributed by atoms with Crippen molar-refractivity contribution in [2.75, 3.05) is 7.11 Å². The van der Waals surface area contributed by atoms with Gasteiger partial charge in [0, 0.05) is 4.47 Å². The Balaban J connectivity index is 1.64. The lowest BCUT2D eigenvalue weighted by Crippen LogP contribution is -2.19. The molecular weight excluding hydrogens is 408 g/mol. The molecule has 27 heavy (non-hydrogen) atoms. The molecule has 3 aromatic carbocycles. The van der Waals surface area contributed by atoms with Gasteiger partial charge in [0.1, 0.15) is 0 Å². The van der Waals surface area contributed by atoms with Gasteiger partial charge < -0.3 is 4.74 Å². The minimum atomic E-state index is -0.395. The Kier molecular flexibility index (Phi) is 5.98. The minimum absolute atomic E-state index is 0.204. The van der Waals surface area contributed by atoms with Crippen LogP contribution >= 0.6 is 15.9 Å². The van der Waals surface area contributed by atoms with Crippen LogP contribution in [-0.4, -0.2) is 25.2 Å². The first-order valence-electron chi connectivity index (χ1n) is 8.25. The van der Waals surface area contributed by atoms with Crippen molar-refractivity contribution in [3.05, 3.63) is 81.8 Å². The Labute approximate surface area is 165 Å². The maximum Gasteiger partial charge on any atom is 0.337 e. The summed E-state index contributed by atoms with van der Waals surface area (Å²) in [5.41, 5.74) is 4.69. The van der Waals surface area contributed by atoms with Crippen LogP contribution < -0.4 is 5.43 Å². The maximum atomic E-state index is 12.2. The van der Waals surface area contributed by atoms with Gasteiger partial charge in [0.2, 0.25) is 5.91 Å². The lowest BCUT2D eigenvalue weighted by Gasteiger charge is -2.07. The van der Waals surface area contributed by atoms with Crippen LogP contribution in [0.1, 0.15) is 21.5 Å². The first-order valence-corrected chi connectivity index (χ1v) is 9.04. The summed E-state index contributed by atoms with van der Waals surface area (Å²) < 4.78 is 5.65. The van der Waals surface area contributed by atoms with Crippen LogP contribution in [0.3, 0.4) is 0 Å². The molecular formula is C21H17BrN2O3. The van der Waals surface area contributed by atoms with E-state index in [1.54, 1.807) is 24.3 Å². The zero-order chi connectivity index (χ0) is 19.2. The third kappa shape index (κ3) is 4.60. The van der Waals surface area contributed by atoms with E-state index in [1.807, 2.05) is 36.4 Å². The molecule has 1 N–H and O–H groups in total. The van der Waals surface area contributed by atoms with Gasteiger partial charge in [-0.1, -0.05) is 58.4 Å². The van der Waals surface area contributed by atoms with Crippen molar-refractivity contribution in [1.82, 2.24) is 5.43 Å². The van der Waals surface area contributed by atoms with Crippen molar-refractivity contribution in [1.29, 1.82) is 0 Å². The van der Waals surface area contributed by atoms with Crippen LogP contribution in [0, 0.1) is 0 Å². The number of esters is 1. The molecule has 0 aliphatic carbocycles. The molecule has 0 saturated heterocycles. The van der Waals surface area contributed by atoms with Crippen molar-refractivity contribution >= 4 is 44.8 Å². The molecule has 6 heteroatoms. The van der Waals surface area contributed by atoms with Crippen molar-refractivity contribution in [2.45, 2.75) is 6.42 Å². The summed E-state index contributed by atoms with van der Waals surface area (Å²) in [6.07, 6.45) is 1.76. The summed E-state index contributed by atoms with van der Waals surface area (Å²) in [6, 6.07) is 18.5. The summed E-state index contributed by atoms with van der Waals surface area (Å²) in [5, 5.41) is 6.08. The highest BCUT2D eigenvalue weighted by atomic mass is 79.9. The van der Waals surface area contributed by atoms with E-state index in [0.29, 0.717) is 5.56 Å². The Morgan fingerprint density at radius 1 is 1.04 bits per heavy atom. The molecule has 0 heterocycles. The lowest BCUT2D eigenvalue weighted by atomic mass is 10.0. The topological polar surface area (TPSA) is 67.8 Å². The zero-order valence-electron chi connectivity index (χ0n) is 14.6. The van der Waals surface area contributed by atoms with Crippen molar-refractivity contribution in [2.24, 2.45) is 5.10 Å². The number of hydrogen-bond acceptors (Lipinski definition) is 4. The van der Waals surface area contributed by atoms with E-state index in [0.717, 1.165) is 26.4 Å². The van der Waals surface area contributed by atoms with Gasteiger partial charge in [0.15, 0.2) is 0 Å². The molecule has 3 aromatic rings. The smallest absolute Gasteiger partial charge is 0.337 e. The first kappa shape index (κ1) is 18.8. The number of nitrogens with one attached hydrogen (secondary N) is 1. The van der Waals surface area contributed by atoms with E-state index in [9.17, 15) is 9.59 Å². The number of benzene rings is 3. The molecule has 5 nitrogen and oxygen atoms in total. The highest BCUT2D eigenvalue weighted by Crippen LogP contribution is 2.27. The standard InChI is InChI=1S/C21H17BrN2O3/c1-27-21(26)15-8-6-14(7-9-15)13-23-24-20(25)12-16-10-11-19(22)18-5-3-2-4-17(16)18/h2-11,13H,12H2,1H3,(H,24,25)/b23-13-. The number of methoxy groups -OCH3 is 1. The summed E-state index contributed by atoms with van der Waals surface area (Å²) in [4.78, 5) is 23.6. The normalized spacial score (nSPS) is 10.9. The van der Waals surface area contributed by atoms with Gasteiger partial charge in [0.25, 0.3) is 0 Å². The zero-order valence-corrected chi connectivity index (χ0v) is 16.2. The molecule has 1 amide bonds. The van der Waals surface area contributed by atoms with Crippen LogP contribution in [0.15, 0.2) is 70.2 Å². The number of ether oxygens (including phenoxy) is 1. The Hall–Kier alpha value is -2.99. The second-order valence-electron chi connectivity index (χ2n) is 5.84. The van der Waals surface area contributed by atoms with Crippen molar-refractivity contribution in [3.63, 3.8) is 0 Å². The Morgan fingerprint density at radius 2 is 1.74 bits per heavy atom. The van der Waals surface area contributed by atoms with Crippen LogP contribution in [0.2, 0.25) is 0 Å². The highest BCUT2D eigenvalue weighted by molar-refractivity contribution is 9.10. The molecule has 3 rings (SSSR count). The molecule has 0 aromatic heterocycles. The van der Waals surface area contributed by atoms with Crippen LogP contribution in [0.4, 0.5) is 0 Å². The van der Waals surface area contributed by atoms with Crippen molar-refractivity contribution < 1.29 is 14.3 Å². The van der Waals surface area contributed by atoms with E-state index in [-0.39, 0.29) is 12.3 Å². The molecule has 0 aliphatic rings. The quantitative estimate of drug-likeness (QED) is 0.381. The predicted molar refractivity (Wildman–Crippen MR) is 109 cm³/mol. The molecule has 0 saturated carbocycles. The fraction of sp³-hybridized carbons (Fsp3) is 0.0952. The third-order valence-electron chi connectivity index (χ3n) is 4.05. The number of carbonyl (C=O) groups excluding carboxylic acids is 2. The molecule has 0 bridgehead atoms. The van der Waals surface area contributed by atoms with Gasteiger partial charge in [-0.05, 0) is 40.1 Å². The predicted octanol–water partition coefficient (Wildman–Crippen LogP) is 4.08. The Bertz CT molecular complexity index is 1010. The Morgan fingerprint density at radius 3 is 2.44 bits per heavy atom. The fourth-order valence-corrected chi connectivity index (χ4v) is 3.17. The molecule has 0 aliphatic heterocycles. The SMILES string of the molecule is COC(=O)c1ccc(/C=N\NC(=O)Cc2ccc(Br)c3ccccc23)cc1. The third-order valence-corrected chi connectivity index (χ3v) is 4.74. The van der Waals surface area contributed by atoms with Crippen LogP contribution in [-0.2, 0) is 16.0 Å². The summed E-state index contributed by atoms with van der Waals surface area (Å²) in [7, 11) is 1.34. The van der Waals surface area contributed by atoms with Crippen molar-refractivity contribution in [3.8, 4) is 0 Å². The number of halogens is 1. The van der Waals surface area contributed by atoms with Gasteiger partial charge in [-0.15, -0.1) is 0 Å². The van der Waals surface area contributed by atoms with E-state index in [2.05, 4.69) is 31.2 Å². The van der Waals surface area contributed by atoms with Gasteiger partial charge in [-0.3, -0.25) is 4.79 Å². The number of hydrazone groups is 1. The number of fused-ring (bicyclic) bond motifs is 1. The van der Waals surface area contributed by atoms with E-state index in [1.165, 1.54) is 13.3 Å². The summed E-state index contributed by atoms with van der Waals surface area (Å²) >= 11 is 3.53. The van der Waals surface area contributed by atoms with Crippen LogP contribution in [0.5, 0.6) is 0 Å². The van der Waals surface area contributed by atoms with Gasteiger partial charge in [-0.25, -0.2) is 10.2 Å². The second-order valence-corrected chi connectivity index (χ2v) is 6.69. The average Bonchev–Trinajstić information content (AvgIpc) is 2.70. The van der Waals surface area contributed by atoms with Gasteiger partial charge in [-0.2, -0.15) is 5.10 Å². The van der Waals surface area contributed by atoms with Gasteiger partial charge in [0.05, 0.1) is 25.3 Å². The summed E-state index contributed by atoms with van der Waals surface area (Å²) in [6.45, 7) is 0. The fourth-order valence-electron chi connectivity index (χ4n) is 2.69. The number of carbonyl (C=O) groups is 2. The molecule has 0 spiro atoms. The minimum Gasteiger partial charge on any atom is -0.465 e. The summed E-state index contributed by atoms with van der Waals surface area (Å²) in [5.74, 6) is -0.599. The maximum absolute atomic E-state index is 12.2. The lowest BCUT2D eigenvalue weighted by molar-refractivity contribution is -0.120. The van der Waals surface area contributed by atoms with E-state index < -0.39 is 5.97 Å². The number of rotatable bonds is 5. The van der Waals surface area contributed by atoms with E-state index >= 15 is 0 Å². The number of amides is 1. The van der Waals surface area contributed by atoms with Gasteiger partial charge >= 0.3 is 5.97 Å². The van der Waals surface area contributed by atoms with Crippen LogP contribution in [0.25, 0.3) is 10.8 Å². The molecule has 0 atom stereocenters. The first-order chi connectivity index (χ1) is 13.1. The number of hydrogen-bond donors (Lipinski definition) is 1. The molecule has 0 unspecified atom stereocenters. The van der Waals surface area contributed by atoms with E-state index in [4.69, 9.17) is 0 Å². The average molecular weight is 425 g/mol. The molecule has 136 valence electrons.